The lowest BCUT2D eigenvalue weighted by Gasteiger charge is -2.10. The van der Waals surface area contributed by atoms with Gasteiger partial charge in [-0.15, -0.1) is 0 Å². The Morgan fingerprint density at radius 2 is 1.90 bits per heavy atom. The number of ether oxygens (including phenoxy) is 2. The van der Waals surface area contributed by atoms with Crippen LogP contribution in [0.15, 0.2) is 40.9 Å². The maximum atomic E-state index is 13.8. The van der Waals surface area contributed by atoms with E-state index in [1.165, 1.54) is 12.1 Å². The second-order valence-electron chi connectivity index (χ2n) is 3.91. The fourth-order valence-corrected chi connectivity index (χ4v) is 1.99. The second-order valence-corrected chi connectivity index (χ2v) is 4.76. The molecular formula is C14H11BrFNO3. The summed E-state index contributed by atoms with van der Waals surface area (Å²) in [6, 6.07) is 8.82. The highest BCUT2D eigenvalue weighted by molar-refractivity contribution is 9.10. The van der Waals surface area contributed by atoms with E-state index < -0.39 is 11.7 Å². The van der Waals surface area contributed by atoms with Crippen LogP contribution < -0.4 is 15.2 Å². The first-order chi connectivity index (χ1) is 9.51. The van der Waals surface area contributed by atoms with E-state index in [9.17, 15) is 9.18 Å². The Morgan fingerprint density at radius 3 is 2.45 bits per heavy atom. The van der Waals surface area contributed by atoms with Crippen molar-refractivity contribution in [1.82, 2.24) is 0 Å². The number of methoxy groups -OCH3 is 1. The monoisotopic (exact) mass is 339 g/mol. The van der Waals surface area contributed by atoms with E-state index in [0.29, 0.717) is 16.0 Å². The maximum Gasteiger partial charge on any atom is 0.248 e. The van der Waals surface area contributed by atoms with Gasteiger partial charge in [0.2, 0.25) is 5.91 Å². The molecule has 0 spiro atoms. The number of halogens is 2. The molecule has 104 valence electrons. The fourth-order valence-electron chi connectivity index (χ4n) is 1.55. The number of carbonyl (C=O) groups is 1. The molecule has 2 N–H and O–H groups in total. The summed E-state index contributed by atoms with van der Waals surface area (Å²) in [6.45, 7) is 0. The van der Waals surface area contributed by atoms with Gasteiger partial charge in [0.15, 0.2) is 11.6 Å². The van der Waals surface area contributed by atoms with Gasteiger partial charge in [-0.05, 0) is 52.3 Å². The first-order valence-corrected chi connectivity index (χ1v) is 6.41. The van der Waals surface area contributed by atoms with E-state index in [0.717, 1.165) is 6.07 Å². The zero-order chi connectivity index (χ0) is 14.7. The van der Waals surface area contributed by atoms with Crippen LogP contribution >= 0.6 is 15.9 Å². The molecular weight excluding hydrogens is 329 g/mol. The van der Waals surface area contributed by atoms with E-state index in [-0.39, 0.29) is 11.3 Å². The van der Waals surface area contributed by atoms with Crippen molar-refractivity contribution in [2.75, 3.05) is 7.11 Å². The topological polar surface area (TPSA) is 61.6 Å². The van der Waals surface area contributed by atoms with Crippen LogP contribution in [0.25, 0.3) is 0 Å². The zero-order valence-electron chi connectivity index (χ0n) is 10.5. The fraction of sp³-hybridized carbons (Fsp3) is 0.0714. The number of primary amides is 1. The van der Waals surface area contributed by atoms with Gasteiger partial charge in [-0.3, -0.25) is 4.79 Å². The molecule has 20 heavy (non-hydrogen) atoms. The van der Waals surface area contributed by atoms with Crippen molar-refractivity contribution in [2.45, 2.75) is 0 Å². The zero-order valence-corrected chi connectivity index (χ0v) is 12.1. The minimum absolute atomic E-state index is 0.000803. The van der Waals surface area contributed by atoms with Crippen molar-refractivity contribution in [2.24, 2.45) is 5.73 Å². The van der Waals surface area contributed by atoms with Gasteiger partial charge >= 0.3 is 0 Å². The third-order valence-corrected chi connectivity index (χ3v) is 3.20. The number of nitrogens with two attached hydrogens (primary N) is 1. The molecule has 0 radical (unpaired) electrons. The SMILES string of the molecule is COc1ccc(Oc2ccc(C(N)=O)cc2F)c(Br)c1. The average molecular weight is 340 g/mol. The highest BCUT2D eigenvalue weighted by atomic mass is 79.9. The normalized spacial score (nSPS) is 10.2. The number of amides is 1. The van der Waals surface area contributed by atoms with E-state index in [1.807, 2.05) is 0 Å². The van der Waals surface area contributed by atoms with Gasteiger partial charge < -0.3 is 15.2 Å². The van der Waals surface area contributed by atoms with Crippen LogP contribution in [-0.4, -0.2) is 13.0 Å². The minimum atomic E-state index is -0.693. The first kappa shape index (κ1) is 14.3. The third-order valence-electron chi connectivity index (χ3n) is 2.58. The second kappa shape index (κ2) is 5.92. The summed E-state index contributed by atoms with van der Waals surface area (Å²) in [5.74, 6) is -0.281. The van der Waals surface area contributed by atoms with Crippen molar-refractivity contribution in [3.8, 4) is 17.2 Å². The van der Waals surface area contributed by atoms with Gasteiger partial charge in [0, 0.05) is 5.56 Å². The number of rotatable bonds is 4. The van der Waals surface area contributed by atoms with Gasteiger partial charge in [-0.25, -0.2) is 4.39 Å². The molecule has 0 saturated carbocycles. The van der Waals surface area contributed by atoms with Crippen LogP contribution in [0.3, 0.4) is 0 Å². The Morgan fingerprint density at radius 1 is 1.20 bits per heavy atom. The Balaban J connectivity index is 2.28. The van der Waals surface area contributed by atoms with Crippen molar-refractivity contribution >= 4 is 21.8 Å². The van der Waals surface area contributed by atoms with Crippen LogP contribution in [0.2, 0.25) is 0 Å². The summed E-state index contributed by atoms with van der Waals surface area (Å²) >= 11 is 3.31. The van der Waals surface area contributed by atoms with Crippen molar-refractivity contribution < 1.29 is 18.7 Å². The number of benzene rings is 2. The molecule has 0 saturated heterocycles. The average Bonchev–Trinajstić information content (AvgIpc) is 2.42. The Kier molecular flexibility index (Phi) is 4.24. The molecule has 0 heterocycles. The molecule has 2 aromatic carbocycles. The van der Waals surface area contributed by atoms with Crippen molar-refractivity contribution in [3.63, 3.8) is 0 Å². The van der Waals surface area contributed by atoms with Gasteiger partial charge in [-0.2, -0.15) is 0 Å². The van der Waals surface area contributed by atoms with Crippen LogP contribution in [0.1, 0.15) is 10.4 Å². The number of carbonyl (C=O) groups excluding carboxylic acids is 1. The van der Waals surface area contributed by atoms with E-state index >= 15 is 0 Å². The summed E-state index contributed by atoms with van der Waals surface area (Å²) < 4.78 is 24.9. The Labute approximate surface area is 123 Å². The predicted molar refractivity (Wildman–Crippen MR) is 75.7 cm³/mol. The Bertz CT molecular complexity index is 661. The van der Waals surface area contributed by atoms with E-state index in [4.69, 9.17) is 15.2 Å². The smallest absolute Gasteiger partial charge is 0.248 e. The van der Waals surface area contributed by atoms with Gasteiger partial charge in [-0.1, -0.05) is 0 Å². The number of hydrogen-bond acceptors (Lipinski definition) is 3. The summed E-state index contributed by atoms with van der Waals surface area (Å²) in [4.78, 5) is 10.9. The lowest BCUT2D eigenvalue weighted by atomic mass is 10.2. The lowest BCUT2D eigenvalue weighted by molar-refractivity contribution is 0.1000. The highest BCUT2D eigenvalue weighted by Crippen LogP contribution is 2.33. The van der Waals surface area contributed by atoms with Crippen LogP contribution in [0.4, 0.5) is 4.39 Å². The number of hydrogen-bond donors (Lipinski definition) is 1. The molecule has 4 nitrogen and oxygen atoms in total. The standard InChI is InChI=1S/C14H11BrFNO3/c1-19-9-3-5-12(10(15)7-9)20-13-4-2-8(14(17)18)6-11(13)16/h2-7H,1H3,(H2,17,18). The summed E-state index contributed by atoms with van der Waals surface area (Å²) in [5.41, 5.74) is 5.16. The van der Waals surface area contributed by atoms with E-state index in [2.05, 4.69) is 15.9 Å². The van der Waals surface area contributed by atoms with Gasteiger partial charge in [0.25, 0.3) is 0 Å². The summed E-state index contributed by atoms with van der Waals surface area (Å²) in [6.07, 6.45) is 0. The molecule has 0 aromatic heterocycles. The molecule has 2 rings (SSSR count). The van der Waals surface area contributed by atoms with E-state index in [1.54, 1.807) is 25.3 Å². The van der Waals surface area contributed by atoms with Crippen molar-refractivity contribution in [1.29, 1.82) is 0 Å². The van der Waals surface area contributed by atoms with Crippen molar-refractivity contribution in [3.05, 3.63) is 52.3 Å². The Hall–Kier alpha value is -2.08. The maximum absolute atomic E-state index is 13.8. The largest absolute Gasteiger partial charge is 0.497 e. The predicted octanol–water partition coefficient (Wildman–Crippen LogP) is 3.49. The molecule has 6 heteroatoms. The molecule has 0 aliphatic rings. The molecule has 0 atom stereocenters. The summed E-state index contributed by atoms with van der Waals surface area (Å²) in [7, 11) is 1.55. The molecule has 0 unspecified atom stereocenters. The molecule has 2 aromatic rings. The molecule has 0 aliphatic carbocycles. The first-order valence-electron chi connectivity index (χ1n) is 5.62. The van der Waals surface area contributed by atoms with Crippen LogP contribution in [-0.2, 0) is 0 Å². The third kappa shape index (κ3) is 3.08. The van der Waals surface area contributed by atoms with Crippen LogP contribution in [0.5, 0.6) is 17.2 Å². The quantitative estimate of drug-likeness (QED) is 0.927. The minimum Gasteiger partial charge on any atom is -0.497 e. The lowest BCUT2D eigenvalue weighted by Crippen LogP contribution is -2.11. The molecule has 0 fully saturated rings. The van der Waals surface area contributed by atoms with Gasteiger partial charge in [0.05, 0.1) is 11.6 Å². The highest BCUT2D eigenvalue weighted by Gasteiger charge is 2.11. The van der Waals surface area contributed by atoms with Gasteiger partial charge in [0.1, 0.15) is 11.5 Å². The summed E-state index contributed by atoms with van der Waals surface area (Å²) in [5, 5.41) is 0. The molecule has 0 aliphatic heterocycles. The van der Waals surface area contributed by atoms with Crippen LogP contribution in [0, 0.1) is 5.82 Å². The molecule has 0 bridgehead atoms. The molecule has 1 amide bonds.